The van der Waals surface area contributed by atoms with E-state index in [0.29, 0.717) is 39.6 Å². The highest BCUT2D eigenvalue weighted by Gasteiger charge is 2.20. The van der Waals surface area contributed by atoms with E-state index in [1.807, 2.05) is 12.1 Å². The number of hydrogen-bond donors (Lipinski definition) is 5. The Labute approximate surface area is 337 Å². The van der Waals surface area contributed by atoms with Gasteiger partial charge in [0.05, 0.1) is 23.1 Å². The van der Waals surface area contributed by atoms with Gasteiger partial charge in [0.25, 0.3) is 0 Å². The molecule has 5 N–H and O–H groups in total. The van der Waals surface area contributed by atoms with Crippen LogP contribution in [0.4, 0.5) is 0 Å². The molecule has 1 fully saturated rings. The summed E-state index contributed by atoms with van der Waals surface area (Å²) in [4.78, 5) is 26.6. The summed E-state index contributed by atoms with van der Waals surface area (Å²) in [6.07, 6.45) is 3.14. The fraction of sp³-hybridized carbons (Fsp3) is 0.289. The number of rotatable bonds is 18. The molecule has 1 aromatic heterocycles. The fourth-order valence-corrected chi connectivity index (χ4v) is 7.19. The van der Waals surface area contributed by atoms with E-state index in [1.54, 1.807) is 24.4 Å². The highest BCUT2D eigenvalue weighted by Crippen LogP contribution is 2.37. The highest BCUT2D eigenvalue weighted by molar-refractivity contribution is 6.32. The van der Waals surface area contributed by atoms with Gasteiger partial charge in [0.2, 0.25) is 5.91 Å². The number of carboxylic acids is 1. The van der Waals surface area contributed by atoms with Gasteiger partial charge in [-0.3, -0.25) is 14.6 Å². The van der Waals surface area contributed by atoms with Gasteiger partial charge in [-0.15, -0.1) is 0 Å². The molecule has 0 saturated carbocycles. The number of carbonyl (C=O) groups excluding carboxylic acids is 1. The average molecular weight is 788 g/mol. The van der Waals surface area contributed by atoms with Gasteiger partial charge in [0, 0.05) is 68.2 Å². The Morgan fingerprint density at radius 2 is 1.65 bits per heavy atom. The number of amides is 1. The third-order valence-corrected chi connectivity index (χ3v) is 10.4. The van der Waals surface area contributed by atoms with E-state index < -0.39 is 12.1 Å². The van der Waals surface area contributed by atoms with Crippen LogP contribution >= 0.6 is 11.6 Å². The Morgan fingerprint density at radius 1 is 0.912 bits per heavy atom. The summed E-state index contributed by atoms with van der Waals surface area (Å²) in [6, 6.07) is 28.6. The van der Waals surface area contributed by atoms with E-state index in [9.17, 15) is 20.0 Å². The zero-order valence-electron chi connectivity index (χ0n) is 32.0. The number of hydrogen-bond acceptors (Lipinski definition) is 9. The number of pyridine rings is 1. The molecule has 4 aromatic carbocycles. The molecule has 2 heterocycles. The first-order valence-electron chi connectivity index (χ1n) is 18.9. The van der Waals surface area contributed by atoms with Crippen LogP contribution in [-0.2, 0) is 35.9 Å². The third-order valence-electron chi connectivity index (χ3n) is 10.1. The van der Waals surface area contributed by atoms with Crippen LogP contribution in [0.1, 0.15) is 58.2 Å². The maximum absolute atomic E-state index is 11.5. The molecule has 57 heavy (non-hydrogen) atoms. The molecule has 12 heteroatoms. The van der Waals surface area contributed by atoms with E-state index in [2.05, 4.69) is 89.4 Å². The van der Waals surface area contributed by atoms with Crippen molar-refractivity contribution in [2.75, 3.05) is 13.1 Å². The first kappa shape index (κ1) is 40.9. The molecule has 294 valence electrons. The molecular weight excluding hydrogens is 742 g/mol. The van der Waals surface area contributed by atoms with Gasteiger partial charge in [-0.05, 0) is 76.9 Å². The minimum atomic E-state index is -1.09. The normalized spacial score (nSPS) is 14.2. The minimum Gasteiger partial charge on any atom is -0.488 e. The molecule has 1 saturated heterocycles. The number of aliphatic hydroxyl groups excluding tert-OH is 1. The molecule has 5 aromatic rings. The highest BCUT2D eigenvalue weighted by atomic mass is 35.5. The molecule has 1 amide bonds. The van der Waals surface area contributed by atoms with Crippen molar-refractivity contribution in [2.45, 2.75) is 71.6 Å². The number of halogens is 1. The van der Waals surface area contributed by atoms with E-state index in [0.717, 1.165) is 52.9 Å². The number of nitrogens with one attached hydrogen (secondary N) is 3. The van der Waals surface area contributed by atoms with Crippen molar-refractivity contribution in [3.63, 3.8) is 0 Å². The lowest BCUT2D eigenvalue weighted by Crippen LogP contribution is -2.35. The van der Waals surface area contributed by atoms with Crippen molar-refractivity contribution in [3.05, 3.63) is 135 Å². The van der Waals surface area contributed by atoms with Gasteiger partial charge in [0.1, 0.15) is 30.8 Å². The monoisotopic (exact) mass is 787 g/mol. The summed E-state index contributed by atoms with van der Waals surface area (Å²) in [7, 11) is 0. The van der Waals surface area contributed by atoms with Gasteiger partial charge < -0.3 is 35.6 Å². The molecule has 1 aliphatic heterocycles. The summed E-state index contributed by atoms with van der Waals surface area (Å²) in [6.45, 7) is 6.40. The van der Waals surface area contributed by atoms with E-state index >= 15 is 0 Å². The van der Waals surface area contributed by atoms with Gasteiger partial charge in [-0.2, -0.15) is 5.26 Å². The zero-order chi connectivity index (χ0) is 40.3. The van der Waals surface area contributed by atoms with Crippen LogP contribution in [-0.4, -0.2) is 52.3 Å². The van der Waals surface area contributed by atoms with Crippen LogP contribution in [0.3, 0.4) is 0 Å². The zero-order valence-corrected chi connectivity index (χ0v) is 32.7. The second kappa shape index (κ2) is 19.4. The van der Waals surface area contributed by atoms with Crippen LogP contribution in [0.5, 0.6) is 11.5 Å². The van der Waals surface area contributed by atoms with Crippen molar-refractivity contribution in [2.24, 2.45) is 0 Å². The molecule has 2 atom stereocenters. The quantitative estimate of drug-likeness (QED) is 0.0624. The van der Waals surface area contributed by atoms with Crippen LogP contribution < -0.4 is 25.4 Å². The van der Waals surface area contributed by atoms with Crippen LogP contribution in [0, 0.1) is 25.2 Å². The first-order valence-corrected chi connectivity index (χ1v) is 19.3. The topological polar surface area (TPSA) is 166 Å². The van der Waals surface area contributed by atoms with Crippen LogP contribution in [0.25, 0.3) is 22.3 Å². The van der Waals surface area contributed by atoms with Crippen molar-refractivity contribution >= 4 is 23.5 Å². The van der Waals surface area contributed by atoms with Gasteiger partial charge >= 0.3 is 5.97 Å². The molecule has 0 radical (unpaired) electrons. The van der Waals surface area contributed by atoms with Crippen molar-refractivity contribution in [1.82, 2.24) is 20.9 Å². The number of carbonyl (C=O) groups is 2. The molecule has 1 aliphatic rings. The van der Waals surface area contributed by atoms with Crippen LogP contribution in [0.2, 0.25) is 5.02 Å². The lowest BCUT2D eigenvalue weighted by atomic mass is 9.89. The van der Waals surface area contributed by atoms with E-state index in [1.165, 1.54) is 17.3 Å². The number of aliphatic hydroxyl groups is 1. The summed E-state index contributed by atoms with van der Waals surface area (Å²) in [5.74, 6) is -0.0743. The number of aromatic nitrogens is 1. The SMILES string of the molecule is Cc1c(COc2cc(OCc3cncc(C#N)c3)c(CNC[C@@H](O)CC(=O)O)cc2Cl)cccc1-c1cccc(-c2ccc(CNC[C@@H]3CCC(=O)N3)cc2)c1C. The fourth-order valence-electron chi connectivity index (χ4n) is 6.95. The van der Waals surface area contributed by atoms with Crippen molar-refractivity contribution < 1.29 is 29.3 Å². The van der Waals surface area contributed by atoms with Crippen molar-refractivity contribution in [3.8, 4) is 39.8 Å². The molecule has 0 bridgehead atoms. The maximum Gasteiger partial charge on any atom is 0.306 e. The Kier molecular flexibility index (Phi) is 13.9. The second-order valence-electron chi connectivity index (χ2n) is 14.2. The Morgan fingerprint density at radius 3 is 2.39 bits per heavy atom. The summed E-state index contributed by atoms with van der Waals surface area (Å²) < 4.78 is 12.5. The van der Waals surface area contributed by atoms with E-state index in [-0.39, 0.29) is 44.7 Å². The molecular formula is C45H46ClN5O6. The van der Waals surface area contributed by atoms with Gasteiger partial charge in [-0.1, -0.05) is 72.3 Å². The lowest BCUT2D eigenvalue weighted by Gasteiger charge is -2.18. The number of nitrogens with zero attached hydrogens (tertiary/aromatic N) is 2. The number of aliphatic carboxylic acids is 1. The Balaban J connectivity index is 1.16. The third kappa shape index (κ3) is 11.0. The average Bonchev–Trinajstić information content (AvgIpc) is 3.62. The largest absolute Gasteiger partial charge is 0.488 e. The second-order valence-corrected chi connectivity index (χ2v) is 14.6. The number of ether oxygens (including phenoxy) is 2. The summed E-state index contributed by atoms with van der Waals surface area (Å²) >= 11 is 6.77. The Bertz CT molecular complexity index is 2260. The predicted molar refractivity (Wildman–Crippen MR) is 219 cm³/mol. The van der Waals surface area contributed by atoms with E-state index in [4.69, 9.17) is 26.2 Å². The van der Waals surface area contributed by atoms with Gasteiger partial charge in [0.15, 0.2) is 0 Å². The number of benzene rings is 4. The minimum absolute atomic E-state index is 0.0574. The predicted octanol–water partition coefficient (Wildman–Crippen LogP) is 7.01. The first-order chi connectivity index (χ1) is 27.6. The lowest BCUT2D eigenvalue weighted by molar-refractivity contribution is -0.139. The maximum atomic E-state index is 11.5. The molecule has 0 spiro atoms. The van der Waals surface area contributed by atoms with Crippen molar-refractivity contribution in [1.29, 1.82) is 5.26 Å². The molecule has 6 rings (SSSR count). The Hall–Kier alpha value is -5.77. The van der Waals surface area contributed by atoms with Gasteiger partial charge in [-0.25, -0.2) is 0 Å². The molecule has 0 unspecified atom stereocenters. The van der Waals surface area contributed by atoms with Crippen LogP contribution in [0.15, 0.2) is 91.3 Å². The number of nitriles is 1. The summed E-state index contributed by atoms with van der Waals surface area (Å²) in [5, 5.41) is 38.2. The molecule has 11 nitrogen and oxygen atoms in total. The summed E-state index contributed by atoms with van der Waals surface area (Å²) in [5.41, 5.74) is 10.7. The smallest absolute Gasteiger partial charge is 0.306 e. The standard InChI is InChI=1S/C45H46ClN5O6/c1-28-34(5-3-7-39(28)40-8-4-6-38(29(40)2)33-11-9-30(10-12-33)20-49-24-36-13-14-44(53)51-36)27-57-43-18-42(56-26-32-15-31(19-47)21-48-22-32)35(16-41(43)46)23-50-25-37(52)17-45(54)55/h3-12,15-16,18,21-22,36-37,49-50,52H,13-14,17,20,23-27H2,1-2H3,(H,51,53)(H,54,55)/t36-,37-/m0/s1. The molecule has 0 aliphatic carbocycles. The number of carboxylic acid groups (broad SMARTS) is 1.